The first-order chi connectivity index (χ1) is 17.7. The zero-order chi connectivity index (χ0) is 27.1. The summed E-state index contributed by atoms with van der Waals surface area (Å²) in [6.45, 7) is 0. The monoisotopic (exact) mass is 606 g/mol. The van der Waals surface area contributed by atoms with Crippen LogP contribution in [0.1, 0.15) is 21.5 Å². The Balaban J connectivity index is 0.000000233. The van der Waals surface area contributed by atoms with E-state index in [-0.39, 0.29) is 42.3 Å². The van der Waals surface area contributed by atoms with Crippen molar-refractivity contribution < 1.29 is 4.79 Å². The fourth-order valence-electron chi connectivity index (χ4n) is 3.05. The summed E-state index contributed by atoms with van der Waals surface area (Å²) in [5.74, 6) is -0.301. The SMILES string of the molecule is N#Cc1c(Cl)c(Cl)c(Cl)c(C#N)c1Cl.O=C(Nc1ccccc1-c1ccc(Cl)cc1)c1cccnc1Cl. The van der Waals surface area contributed by atoms with E-state index in [1.165, 1.54) is 0 Å². The van der Waals surface area contributed by atoms with E-state index in [9.17, 15) is 4.79 Å². The second-order valence-electron chi connectivity index (χ2n) is 7.08. The van der Waals surface area contributed by atoms with Crippen LogP contribution in [-0.4, -0.2) is 10.9 Å². The van der Waals surface area contributed by atoms with Gasteiger partial charge in [0.25, 0.3) is 5.91 Å². The van der Waals surface area contributed by atoms with Crippen LogP contribution < -0.4 is 5.32 Å². The van der Waals surface area contributed by atoms with Gasteiger partial charge >= 0.3 is 0 Å². The third-order valence-corrected chi connectivity index (χ3v) is 7.08. The summed E-state index contributed by atoms with van der Waals surface area (Å²) < 4.78 is 0. The topological polar surface area (TPSA) is 89.6 Å². The van der Waals surface area contributed by atoms with Crippen LogP contribution in [0.5, 0.6) is 0 Å². The summed E-state index contributed by atoms with van der Waals surface area (Å²) in [5, 5.41) is 20.9. The number of anilines is 1. The van der Waals surface area contributed by atoms with Gasteiger partial charge in [-0.25, -0.2) is 4.98 Å². The molecule has 0 spiro atoms. The Morgan fingerprint density at radius 2 is 1.32 bits per heavy atom. The minimum absolute atomic E-state index is 0.0363. The van der Waals surface area contributed by atoms with E-state index in [4.69, 9.17) is 80.1 Å². The molecule has 184 valence electrons. The highest BCUT2D eigenvalue weighted by Gasteiger charge is 2.19. The van der Waals surface area contributed by atoms with Gasteiger partial charge in [0.05, 0.1) is 36.8 Å². The maximum Gasteiger partial charge on any atom is 0.258 e. The lowest BCUT2D eigenvalue weighted by Crippen LogP contribution is -2.13. The fraction of sp³-hybridized carbons (Fsp3) is 0. The standard InChI is InChI=1S/C18H12Cl2N2O.C8Cl4N2/c19-13-9-7-12(8-10-13)14-4-1-2-6-16(14)22-18(23)15-5-3-11-21-17(15)20;9-5-3(1-13)6(10)8(12)7(11)4(5)2-14/h1-11H,(H,22,23);. The molecule has 0 atom stereocenters. The molecule has 0 bridgehead atoms. The number of hydrogen-bond acceptors (Lipinski definition) is 4. The van der Waals surface area contributed by atoms with Crippen LogP contribution in [0, 0.1) is 22.7 Å². The molecule has 11 heteroatoms. The number of aromatic nitrogens is 1. The molecule has 5 nitrogen and oxygen atoms in total. The van der Waals surface area contributed by atoms with Crippen molar-refractivity contribution in [3.8, 4) is 23.3 Å². The molecule has 4 rings (SSSR count). The molecule has 0 saturated heterocycles. The quantitative estimate of drug-likeness (QED) is 0.142. The maximum atomic E-state index is 12.4. The molecule has 0 saturated carbocycles. The highest BCUT2D eigenvalue weighted by Crippen LogP contribution is 2.40. The van der Waals surface area contributed by atoms with Gasteiger partial charge in [0.2, 0.25) is 0 Å². The minimum atomic E-state index is -0.301. The van der Waals surface area contributed by atoms with Crippen molar-refractivity contribution in [1.29, 1.82) is 10.5 Å². The molecular formula is C26H12Cl6N4O. The van der Waals surface area contributed by atoms with Gasteiger partial charge in [0.15, 0.2) is 0 Å². The highest BCUT2D eigenvalue weighted by atomic mass is 35.5. The van der Waals surface area contributed by atoms with Crippen LogP contribution in [0.2, 0.25) is 30.3 Å². The predicted octanol–water partition coefficient (Wildman–Crippen LogP) is 9.35. The van der Waals surface area contributed by atoms with Gasteiger partial charge in [0.1, 0.15) is 17.3 Å². The molecule has 0 fully saturated rings. The summed E-state index contributed by atoms with van der Waals surface area (Å²) in [7, 11) is 0. The van der Waals surface area contributed by atoms with Crippen molar-refractivity contribution in [2.24, 2.45) is 0 Å². The summed E-state index contributed by atoms with van der Waals surface area (Å²) in [6, 6.07) is 21.8. The fourth-order valence-corrected chi connectivity index (χ4v) is 4.45. The summed E-state index contributed by atoms with van der Waals surface area (Å²) in [6.07, 6.45) is 1.54. The summed E-state index contributed by atoms with van der Waals surface area (Å²) in [5.41, 5.74) is 2.80. The lowest BCUT2D eigenvalue weighted by molar-refractivity contribution is 0.102. The molecule has 0 aliphatic rings. The van der Waals surface area contributed by atoms with Gasteiger partial charge in [-0.1, -0.05) is 99.9 Å². The van der Waals surface area contributed by atoms with E-state index in [1.807, 2.05) is 48.5 Å². The second-order valence-corrected chi connectivity index (χ2v) is 9.38. The average molecular weight is 609 g/mol. The first-order valence-electron chi connectivity index (χ1n) is 10.1. The third kappa shape index (κ3) is 6.66. The van der Waals surface area contributed by atoms with E-state index >= 15 is 0 Å². The van der Waals surface area contributed by atoms with E-state index < -0.39 is 0 Å². The number of pyridine rings is 1. The van der Waals surface area contributed by atoms with Crippen LogP contribution in [-0.2, 0) is 0 Å². The van der Waals surface area contributed by atoms with Crippen LogP contribution in [0.4, 0.5) is 5.69 Å². The van der Waals surface area contributed by atoms with E-state index in [0.717, 1.165) is 11.1 Å². The van der Waals surface area contributed by atoms with Crippen LogP contribution in [0.25, 0.3) is 11.1 Å². The second kappa shape index (κ2) is 13.0. The molecule has 0 radical (unpaired) electrons. The zero-order valence-corrected chi connectivity index (χ0v) is 22.9. The number of halogens is 6. The molecule has 0 unspecified atom stereocenters. The zero-order valence-electron chi connectivity index (χ0n) is 18.4. The van der Waals surface area contributed by atoms with Gasteiger partial charge < -0.3 is 5.32 Å². The number of benzene rings is 3. The maximum absolute atomic E-state index is 12.4. The van der Waals surface area contributed by atoms with Crippen molar-refractivity contribution in [1.82, 2.24) is 4.98 Å². The van der Waals surface area contributed by atoms with Gasteiger partial charge in [-0.3, -0.25) is 4.79 Å². The Morgan fingerprint density at radius 3 is 1.89 bits per heavy atom. The Hall–Kier alpha value is -3.00. The van der Waals surface area contributed by atoms with E-state index in [2.05, 4.69) is 10.3 Å². The molecule has 37 heavy (non-hydrogen) atoms. The third-order valence-electron chi connectivity index (χ3n) is 4.82. The largest absolute Gasteiger partial charge is 0.321 e. The van der Waals surface area contributed by atoms with Crippen molar-refractivity contribution >= 4 is 81.2 Å². The van der Waals surface area contributed by atoms with Crippen molar-refractivity contribution in [3.05, 3.63) is 114 Å². The first kappa shape index (κ1) is 28.6. The van der Waals surface area contributed by atoms with Gasteiger partial charge in [-0.15, -0.1) is 0 Å². The Morgan fingerprint density at radius 1 is 0.730 bits per heavy atom. The van der Waals surface area contributed by atoms with E-state index in [1.54, 1.807) is 30.5 Å². The molecule has 1 aromatic heterocycles. The number of amides is 1. The Kier molecular flexibility index (Phi) is 10.0. The van der Waals surface area contributed by atoms with Crippen molar-refractivity contribution in [2.75, 3.05) is 5.32 Å². The highest BCUT2D eigenvalue weighted by molar-refractivity contribution is 6.50. The number of hydrogen-bond donors (Lipinski definition) is 1. The lowest BCUT2D eigenvalue weighted by atomic mass is 10.0. The van der Waals surface area contributed by atoms with Crippen molar-refractivity contribution in [3.63, 3.8) is 0 Å². The molecule has 1 amide bonds. The molecule has 0 aliphatic carbocycles. The molecule has 1 heterocycles. The smallest absolute Gasteiger partial charge is 0.258 e. The molecule has 3 aromatic carbocycles. The number of nitrogens with zero attached hydrogens (tertiary/aromatic N) is 3. The van der Waals surface area contributed by atoms with Crippen LogP contribution >= 0.6 is 69.6 Å². The van der Waals surface area contributed by atoms with E-state index in [0.29, 0.717) is 16.3 Å². The number of para-hydroxylation sites is 1. The molecule has 1 N–H and O–H groups in total. The lowest BCUT2D eigenvalue weighted by Gasteiger charge is -2.12. The summed E-state index contributed by atoms with van der Waals surface area (Å²) in [4.78, 5) is 16.3. The molecule has 4 aromatic rings. The number of carbonyl (C=O) groups is 1. The van der Waals surface area contributed by atoms with Crippen LogP contribution in [0.3, 0.4) is 0 Å². The number of nitriles is 2. The summed E-state index contributed by atoms with van der Waals surface area (Å²) >= 11 is 34.7. The number of rotatable bonds is 3. The first-order valence-corrected chi connectivity index (χ1v) is 12.4. The van der Waals surface area contributed by atoms with Gasteiger partial charge in [-0.2, -0.15) is 10.5 Å². The molecule has 0 aliphatic heterocycles. The predicted molar refractivity (Wildman–Crippen MR) is 150 cm³/mol. The van der Waals surface area contributed by atoms with Gasteiger partial charge in [-0.05, 0) is 35.9 Å². The number of nitrogens with one attached hydrogen (secondary N) is 1. The molecular weight excluding hydrogens is 597 g/mol. The average Bonchev–Trinajstić information content (AvgIpc) is 2.89. The van der Waals surface area contributed by atoms with Gasteiger partial charge in [0, 0.05) is 22.5 Å². The minimum Gasteiger partial charge on any atom is -0.321 e. The van der Waals surface area contributed by atoms with Crippen LogP contribution in [0.15, 0.2) is 66.9 Å². The van der Waals surface area contributed by atoms with Crippen molar-refractivity contribution in [2.45, 2.75) is 0 Å². The number of carbonyl (C=O) groups excluding carboxylic acids is 1. The normalized spacial score (nSPS) is 9.95. The Bertz CT molecular complexity index is 1520. The Labute approximate surface area is 242 Å².